The number of benzene rings is 2. The number of amides is 3. The molecule has 2 aromatic rings. The summed E-state index contributed by atoms with van der Waals surface area (Å²) >= 11 is 0. The van der Waals surface area contributed by atoms with Gasteiger partial charge in [-0.2, -0.15) is 13.2 Å². The summed E-state index contributed by atoms with van der Waals surface area (Å²) in [4.78, 5) is 41.8. The van der Waals surface area contributed by atoms with Crippen molar-refractivity contribution in [3.8, 4) is 5.75 Å². The lowest BCUT2D eigenvalue weighted by atomic mass is 9.94. The number of carbonyl (C=O) groups is 3. The van der Waals surface area contributed by atoms with Gasteiger partial charge in [0.25, 0.3) is 0 Å². The normalized spacial score (nSPS) is 22.4. The molecule has 2 aliphatic heterocycles. The number of aryl methyl sites for hydroxylation is 2. The fourth-order valence-corrected chi connectivity index (χ4v) is 6.70. The molecule has 1 saturated heterocycles. The van der Waals surface area contributed by atoms with Gasteiger partial charge in [0.15, 0.2) is 5.75 Å². The SMILES string of the molecule is Cc1ccc2cc1CNC(=O)[C@H](CCc1ccccc1)NC(=O)[C@@H](NS(=O)(=O)CC(F)(F)F)CC(=O)N1CCCC(CCO2)C1. The molecular weight excluding hydrogens is 613 g/mol. The molecule has 2 heterocycles. The summed E-state index contributed by atoms with van der Waals surface area (Å²) in [6.07, 6.45) is -3.17. The van der Waals surface area contributed by atoms with Crippen molar-refractivity contribution in [2.75, 3.05) is 25.4 Å². The van der Waals surface area contributed by atoms with E-state index in [4.69, 9.17) is 4.74 Å². The van der Waals surface area contributed by atoms with E-state index in [1.807, 2.05) is 55.5 Å². The van der Waals surface area contributed by atoms with Crippen LogP contribution in [0.1, 0.15) is 48.8 Å². The summed E-state index contributed by atoms with van der Waals surface area (Å²) in [5.74, 6) is -3.72. The number of halogens is 3. The first-order valence-corrected chi connectivity index (χ1v) is 16.6. The molecular formula is C31H39F3N4O6S. The van der Waals surface area contributed by atoms with Crippen LogP contribution >= 0.6 is 0 Å². The first-order valence-electron chi connectivity index (χ1n) is 15.0. The zero-order valence-electron chi connectivity index (χ0n) is 25.1. The van der Waals surface area contributed by atoms with Gasteiger partial charge in [0.05, 0.1) is 13.0 Å². The minimum atomic E-state index is -5.07. The maximum Gasteiger partial charge on any atom is 0.404 e. The Morgan fingerprint density at radius 3 is 2.53 bits per heavy atom. The van der Waals surface area contributed by atoms with Crippen LogP contribution in [0.4, 0.5) is 13.2 Å². The second kappa shape index (κ2) is 15.1. The third-order valence-corrected chi connectivity index (χ3v) is 9.36. The minimum Gasteiger partial charge on any atom is -0.494 e. The van der Waals surface area contributed by atoms with Gasteiger partial charge < -0.3 is 20.3 Å². The van der Waals surface area contributed by atoms with Gasteiger partial charge in [0.2, 0.25) is 27.7 Å². The van der Waals surface area contributed by atoms with Crippen LogP contribution in [0.3, 0.4) is 0 Å². The van der Waals surface area contributed by atoms with Crippen molar-refractivity contribution in [1.82, 2.24) is 20.3 Å². The van der Waals surface area contributed by atoms with E-state index in [2.05, 4.69) is 10.6 Å². The molecule has 1 fully saturated rings. The number of fused-ring (bicyclic) bond motifs is 4. The van der Waals surface area contributed by atoms with Gasteiger partial charge in [-0.05, 0) is 73.8 Å². The quantitative estimate of drug-likeness (QED) is 0.440. The third-order valence-electron chi connectivity index (χ3n) is 8.01. The Bertz CT molecular complexity index is 1450. The number of ether oxygens (including phenoxy) is 1. The van der Waals surface area contributed by atoms with Gasteiger partial charge in [-0.15, -0.1) is 0 Å². The maximum atomic E-state index is 13.5. The highest BCUT2D eigenvalue weighted by Gasteiger charge is 2.39. The fraction of sp³-hybridized carbons (Fsp3) is 0.516. The molecule has 3 amide bonds. The van der Waals surface area contributed by atoms with E-state index in [9.17, 15) is 36.0 Å². The molecule has 1 unspecified atom stereocenters. The van der Waals surface area contributed by atoms with Crippen LogP contribution < -0.4 is 20.1 Å². The van der Waals surface area contributed by atoms with Crippen LogP contribution in [0, 0.1) is 12.8 Å². The van der Waals surface area contributed by atoms with Crippen molar-refractivity contribution in [3.63, 3.8) is 0 Å². The predicted molar refractivity (Wildman–Crippen MR) is 161 cm³/mol. The van der Waals surface area contributed by atoms with Crippen LogP contribution in [0.5, 0.6) is 5.75 Å². The van der Waals surface area contributed by atoms with E-state index >= 15 is 0 Å². The number of nitrogens with zero attached hydrogens (tertiary/aromatic N) is 1. The lowest BCUT2D eigenvalue weighted by Gasteiger charge is -2.34. The molecule has 0 spiro atoms. The van der Waals surface area contributed by atoms with Crippen molar-refractivity contribution in [2.45, 2.75) is 70.3 Å². The number of sulfonamides is 1. The highest BCUT2D eigenvalue weighted by atomic mass is 32.2. The molecule has 0 radical (unpaired) electrons. The average molecular weight is 653 g/mol. The molecule has 0 aliphatic carbocycles. The van der Waals surface area contributed by atoms with E-state index in [1.54, 1.807) is 4.72 Å². The Balaban J connectivity index is 1.64. The Hall–Kier alpha value is -3.65. The lowest BCUT2D eigenvalue weighted by molar-refractivity contribution is -0.136. The van der Waals surface area contributed by atoms with Crippen molar-refractivity contribution >= 4 is 27.7 Å². The zero-order chi connectivity index (χ0) is 32.6. The number of nitrogens with one attached hydrogen (secondary N) is 3. The standard InChI is InChI=1S/C31H39F3N4O6S/c1-21-9-11-25-16-24(21)18-35-29(40)26(12-10-22-6-3-2-4-7-22)36-30(41)27(37-45(42,43)20-31(32,33)34)17-28(39)38-14-5-8-23(19-38)13-15-44-25/h2-4,6-7,9,11,16,23,26-27,37H,5,8,10,12-15,17-20H2,1H3,(H,35,40)(H,36,41)/t23?,26-,27-/m0/s1. The van der Waals surface area contributed by atoms with E-state index in [-0.39, 0.29) is 18.9 Å². The summed E-state index contributed by atoms with van der Waals surface area (Å²) < 4.78 is 71.8. The Morgan fingerprint density at radius 1 is 1.04 bits per heavy atom. The molecule has 3 N–H and O–H groups in total. The largest absolute Gasteiger partial charge is 0.494 e. The Kier molecular flexibility index (Phi) is 11.5. The molecule has 2 aliphatic rings. The third kappa shape index (κ3) is 10.7. The summed E-state index contributed by atoms with van der Waals surface area (Å²) in [7, 11) is -5.06. The molecule has 2 aromatic carbocycles. The molecule has 4 rings (SSSR count). The zero-order valence-corrected chi connectivity index (χ0v) is 25.9. The summed E-state index contributed by atoms with van der Waals surface area (Å²) in [6.45, 7) is 3.08. The van der Waals surface area contributed by atoms with E-state index in [0.717, 1.165) is 23.1 Å². The van der Waals surface area contributed by atoms with Crippen LogP contribution in [-0.4, -0.2) is 74.7 Å². The second-order valence-electron chi connectivity index (χ2n) is 11.6. The molecule has 0 aromatic heterocycles. The van der Waals surface area contributed by atoms with Crippen molar-refractivity contribution in [1.29, 1.82) is 0 Å². The first kappa shape index (κ1) is 34.2. The molecule has 3 atom stereocenters. The van der Waals surface area contributed by atoms with Crippen molar-refractivity contribution in [3.05, 3.63) is 65.2 Å². The predicted octanol–water partition coefficient (Wildman–Crippen LogP) is 2.99. The number of piperidine rings is 1. The first-order chi connectivity index (χ1) is 21.3. The maximum absolute atomic E-state index is 13.5. The van der Waals surface area contributed by atoms with Crippen LogP contribution in [0.15, 0.2) is 48.5 Å². The van der Waals surface area contributed by atoms with Gasteiger partial charge in [0, 0.05) is 19.6 Å². The summed E-state index contributed by atoms with van der Waals surface area (Å²) in [6, 6.07) is 11.7. The monoisotopic (exact) mass is 652 g/mol. The van der Waals surface area contributed by atoms with Gasteiger partial charge >= 0.3 is 6.18 Å². The summed E-state index contributed by atoms with van der Waals surface area (Å²) in [5.41, 5.74) is 2.57. The second-order valence-corrected chi connectivity index (χ2v) is 13.4. The lowest BCUT2D eigenvalue weighted by Crippen LogP contribution is -2.56. The van der Waals surface area contributed by atoms with Crippen molar-refractivity contribution < 1.29 is 40.7 Å². The van der Waals surface area contributed by atoms with Gasteiger partial charge in [-0.1, -0.05) is 36.4 Å². The number of rotatable bonds is 6. The fourth-order valence-electron chi connectivity index (χ4n) is 5.57. The number of hydrogen-bond acceptors (Lipinski definition) is 6. The Morgan fingerprint density at radius 2 is 1.80 bits per heavy atom. The highest BCUT2D eigenvalue weighted by molar-refractivity contribution is 7.89. The van der Waals surface area contributed by atoms with Crippen LogP contribution in [0.25, 0.3) is 0 Å². The highest BCUT2D eigenvalue weighted by Crippen LogP contribution is 2.23. The summed E-state index contributed by atoms with van der Waals surface area (Å²) in [5, 5.41) is 5.33. The van der Waals surface area contributed by atoms with E-state index in [1.165, 1.54) is 4.90 Å². The van der Waals surface area contributed by atoms with Crippen molar-refractivity contribution in [2.24, 2.45) is 5.92 Å². The minimum absolute atomic E-state index is 0.0855. The van der Waals surface area contributed by atoms with E-state index in [0.29, 0.717) is 44.7 Å². The van der Waals surface area contributed by atoms with Crippen LogP contribution in [-0.2, 0) is 37.4 Å². The molecule has 14 heteroatoms. The number of carbonyl (C=O) groups excluding carboxylic acids is 3. The molecule has 4 bridgehead atoms. The van der Waals surface area contributed by atoms with Gasteiger partial charge in [-0.25, -0.2) is 13.1 Å². The number of hydrogen-bond donors (Lipinski definition) is 3. The average Bonchev–Trinajstić information content (AvgIpc) is 2.97. The molecule has 246 valence electrons. The van der Waals surface area contributed by atoms with Crippen LogP contribution in [0.2, 0.25) is 0 Å². The Labute approximate surface area is 261 Å². The smallest absolute Gasteiger partial charge is 0.404 e. The van der Waals surface area contributed by atoms with Gasteiger partial charge in [-0.3, -0.25) is 14.4 Å². The van der Waals surface area contributed by atoms with E-state index < -0.39 is 58.2 Å². The molecule has 0 saturated carbocycles. The topological polar surface area (TPSA) is 134 Å². The van der Waals surface area contributed by atoms with Gasteiger partial charge in [0.1, 0.15) is 17.8 Å². The molecule has 45 heavy (non-hydrogen) atoms. The molecule has 10 nitrogen and oxygen atoms in total. The number of alkyl halides is 3.